The lowest BCUT2D eigenvalue weighted by atomic mass is 10.2. The number of pyridine rings is 1. The van der Waals surface area contributed by atoms with E-state index >= 15 is 0 Å². The predicted molar refractivity (Wildman–Crippen MR) is 84.8 cm³/mol. The first-order chi connectivity index (χ1) is 10.1. The van der Waals surface area contributed by atoms with E-state index in [1.165, 1.54) is 0 Å². The number of carbonyl (C=O) groups excluding carboxylic acids is 1. The largest absolute Gasteiger partial charge is 0.367 e. The summed E-state index contributed by atoms with van der Waals surface area (Å²) < 4.78 is 0. The minimum atomic E-state index is -0.335. The normalized spacial score (nSPS) is 10.2. The van der Waals surface area contributed by atoms with Crippen LogP contribution < -0.4 is 16.2 Å². The lowest BCUT2D eigenvalue weighted by Gasteiger charge is -2.08. The lowest BCUT2D eigenvalue weighted by Crippen LogP contribution is -2.19. The van der Waals surface area contributed by atoms with Crippen LogP contribution in [0.25, 0.3) is 0 Å². The zero-order valence-corrected chi connectivity index (χ0v) is 12.3. The highest BCUT2D eigenvalue weighted by atomic mass is 35.5. The number of aromatic amines is 1. The standard InChI is InChI=1S/C15H16ClN3O2/c1-2-14(20)18-12-7-8-13(19-15(12)21)17-9-10-3-5-11(16)6-4-10/h3-8H,2,9H2,1H3,(H,18,20)(H2,17,19,21). The molecule has 2 aromatic rings. The molecular formula is C15H16ClN3O2. The van der Waals surface area contributed by atoms with Gasteiger partial charge in [-0.1, -0.05) is 30.7 Å². The van der Waals surface area contributed by atoms with Gasteiger partial charge >= 0.3 is 0 Å². The van der Waals surface area contributed by atoms with Gasteiger partial charge in [-0.25, -0.2) is 0 Å². The molecule has 1 aromatic carbocycles. The second-order valence-electron chi connectivity index (χ2n) is 4.50. The van der Waals surface area contributed by atoms with E-state index in [0.29, 0.717) is 23.8 Å². The molecule has 0 radical (unpaired) electrons. The Labute approximate surface area is 127 Å². The molecule has 1 aromatic heterocycles. The molecule has 2 rings (SSSR count). The van der Waals surface area contributed by atoms with Crippen molar-refractivity contribution < 1.29 is 4.79 Å². The quantitative estimate of drug-likeness (QED) is 0.795. The Morgan fingerprint density at radius 2 is 1.90 bits per heavy atom. The summed E-state index contributed by atoms with van der Waals surface area (Å²) in [6.45, 7) is 2.29. The average Bonchev–Trinajstić information content (AvgIpc) is 2.49. The number of hydrogen-bond donors (Lipinski definition) is 3. The molecule has 0 fully saturated rings. The summed E-state index contributed by atoms with van der Waals surface area (Å²) in [5.74, 6) is 0.395. The van der Waals surface area contributed by atoms with E-state index < -0.39 is 0 Å². The number of hydrogen-bond acceptors (Lipinski definition) is 3. The van der Waals surface area contributed by atoms with Gasteiger partial charge in [0.1, 0.15) is 11.5 Å². The fourth-order valence-electron chi connectivity index (χ4n) is 1.71. The molecular weight excluding hydrogens is 290 g/mol. The monoisotopic (exact) mass is 305 g/mol. The predicted octanol–water partition coefficient (Wildman–Crippen LogP) is 2.99. The summed E-state index contributed by atoms with van der Waals surface area (Å²) in [7, 11) is 0. The van der Waals surface area contributed by atoms with Crippen molar-refractivity contribution in [2.24, 2.45) is 0 Å². The van der Waals surface area contributed by atoms with Gasteiger partial charge in [0.15, 0.2) is 0 Å². The Morgan fingerprint density at radius 3 is 2.52 bits per heavy atom. The summed E-state index contributed by atoms with van der Waals surface area (Å²) in [5.41, 5.74) is 0.959. The number of nitrogens with one attached hydrogen (secondary N) is 3. The van der Waals surface area contributed by atoms with Gasteiger partial charge in [0.25, 0.3) is 5.56 Å². The van der Waals surface area contributed by atoms with E-state index in [2.05, 4.69) is 15.6 Å². The number of anilines is 2. The van der Waals surface area contributed by atoms with Crippen molar-refractivity contribution >= 4 is 29.0 Å². The molecule has 0 aliphatic heterocycles. The first kappa shape index (κ1) is 15.1. The third-order valence-electron chi connectivity index (χ3n) is 2.90. The second-order valence-corrected chi connectivity index (χ2v) is 4.93. The van der Waals surface area contributed by atoms with Crippen LogP contribution in [0.15, 0.2) is 41.2 Å². The number of carbonyl (C=O) groups is 1. The zero-order valence-electron chi connectivity index (χ0n) is 11.6. The zero-order chi connectivity index (χ0) is 15.2. The van der Waals surface area contributed by atoms with E-state index in [-0.39, 0.29) is 17.2 Å². The van der Waals surface area contributed by atoms with Crippen molar-refractivity contribution in [2.45, 2.75) is 19.9 Å². The second kappa shape index (κ2) is 6.95. The van der Waals surface area contributed by atoms with Crippen molar-refractivity contribution in [3.05, 3.63) is 57.3 Å². The molecule has 3 N–H and O–H groups in total. The Hall–Kier alpha value is -2.27. The van der Waals surface area contributed by atoms with Crippen molar-refractivity contribution in [2.75, 3.05) is 10.6 Å². The number of amides is 1. The van der Waals surface area contributed by atoms with Gasteiger partial charge in [0, 0.05) is 18.0 Å². The van der Waals surface area contributed by atoms with Crippen LogP contribution >= 0.6 is 11.6 Å². The van der Waals surface area contributed by atoms with Crippen LogP contribution in [0.3, 0.4) is 0 Å². The van der Waals surface area contributed by atoms with Crippen molar-refractivity contribution in [1.82, 2.24) is 4.98 Å². The SMILES string of the molecule is CCC(=O)Nc1ccc(NCc2ccc(Cl)cc2)[nH]c1=O. The van der Waals surface area contributed by atoms with Crippen LogP contribution in [0.4, 0.5) is 11.5 Å². The van der Waals surface area contributed by atoms with Crippen molar-refractivity contribution in [3.63, 3.8) is 0 Å². The molecule has 0 unspecified atom stereocenters. The molecule has 5 nitrogen and oxygen atoms in total. The van der Waals surface area contributed by atoms with Crippen LogP contribution in [0, 0.1) is 0 Å². The molecule has 0 saturated carbocycles. The van der Waals surface area contributed by atoms with E-state index in [4.69, 9.17) is 11.6 Å². The Kier molecular flexibility index (Phi) is 5.00. The average molecular weight is 306 g/mol. The molecule has 1 amide bonds. The smallest absolute Gasteiger partial charge is 0.273 e. The van der Waals surface area contributed by atoms with E-state index in [9.17, 15) is 9.59 Å². The Morgan fingerprint density at radius 1 is 1.19 bits per heavy atom. The first-order valence-electron chi connectivity index (χ1n) is 6.60. The topological polar surface area (TPSA) is 74.0 Å². The molecule has 0 aliphatic rings. The number of H-pyrrole nitrogens is 1. The summed E-state index contributed by atoms with van der Waals surface area (Å²) in [6.07, 6.45) is 0.329. The van der Waals surface area contributed by atoms with Crippen LogP contribution in [0.2, 0.25) is 5.02 Å². The van der Waals surface area contributed by atoms with E-state index in [0.717, 1.165) is 5.56 Å². The minimum Gasteiger partial charge on any atom is -0.367 e. The van der Waals surface area contributed by atoms with E-state index in [1.807, 2.05) is 24.3 Å². The molecule has 0 bridgehead atoms. The fraction of sp³-hybridized carbons (Fsp3) is 0.200. The molecule has 1 heterocycles. The summed E-state index contributed by atoms with van der Waals surface area (Å²) in [6, 6.07) is 10.7. The van der Waals surface area contributed by atoms with E-state index in [1.54, 1.807) is 19.1 Å². The van der Waals surface area contributed by atoms with Crippen molar-refractivity contribution in [1.29, 1.82) is 0 Å². The molecule has 110 valence electrons. The molecule has 21 heavy (non-hydrogen) atoms. The minimum absolute atomic E-state index is 0.192. The fourth-order valence-corrected chi connectivity index (χ4v) is 1.84. The highest BCUT2D eigenvalue weighted by Gasteiger charge is 2.04. The van der Waals surface area contributed by atoms with Gasteiger partial charge in [-0.3, -0.25) is 9.59 Å². The van der Waals surface area contributed by atoms with Gasteiger partial charge in [0.2, 0.25) is 5.91 Å². The number of aromatic nitrogens is 1. The summed E-state index contributed by atoms with van der Waals surface area (Å²) in [4.78, 5) is 25.8. The third kappa shape index (κ3) is 4.36. The summed E-state index contributed by atoms with van der Waals surface area (Å²) in [5, 5.41) is 6.33. The molecule has 0 spiro atoms. The number of halogens is 1. The van der Waals surface area contributed by atoms with Gasteiger partial charge in [-0.05, 0) is 29.8 Å². The van der Waals surface area contributed by atoms with Crippen LogP contribution in [-0.4, -0.2) is 10.9 Å². The Bertz CT molecular complexity index is 680. The van der Waals surface area contributed by atoms with Gasteiger partial charge in [0.05, 0.1) is 0 Å². The third-order valence-corrected chi connectivity index (χ3v) is 3.15. The highest BCUT2D eigenvalue weighted by molar-refractivity contribution is 6.30. The highest BCUT2D eigenvalue weighted by Crippen LogP contribution is 2.11. The van der Waals surface area contributed by atoms with Gasteiger partial charge < -0.3 is 15.6 Å². The first-order valence-corrected chi connectivity index (χ1v) is 6.98. The molecule has 0 aliphatic carbocycles. The number of rotatable bonds is 5. The molecule has 0 saturated heterocycles. The maximum atomic E-state index is 11.8. The maximum absolute atomic E-state index is 11.8. The number of benzene rings is 1. The maximum Gasteiger partial charge on any atom is 0.273 e. The lowest BCUT2D eigenvalue weighted by molar-refractivity contribution is -0.115. The molecule has 0 atom stereocenters. The van der Waals surface area contributed by atoms with Gasteiger partial charge in [-0.2, -0.15) is 0 Å². The summed E-state index contributed by atoms with van der Waals surface area (Å²) >= 11 is 5.82. The van der Waals surface area contributed by atoms with Crippen LogP contribution in [0.5, 0.6) is 0 Å². The van der Waals surface area contributed by atoms with Crippen LogP contribution in [0.1, 0.15) is 18.9 Å². The van der Waals surface area contributed by atoms with Crippen LogP contribution in [-0.2, 0) is 11.3 Å². The van der Waals surface area contributed by atoms with Gasteiger partial charge in [-0.15, -0.1) is 0 Å². The molecule has 6 heteroatoms. The van der Waals surface area contributed by atoms with Crippen molar-refractivity contribution in [3.8, 4) is 0 Å². The Balaban J connectivity index is 2.01.